The number of carbonyl (C=O) groups excluding carboxylic acids is 3. The highest BCUT2D eigenvalue weighted by Gasteiger charge is 2.31. The Morgan fingerprint density at radius 3 is 2.27 bits per heavy atom. The van der Waals surface area contributed by atoms with E-state index in [0.717, 1.165) is 29.0 Å². The third-order valence-corrected chi connectivity index (χ3v) is 7.09. The largest absolute Gasteiger partial charge is 0.497 e. The molecule has 0 fully saturated rings. The fourth-order valence-electron chi connectivity index (χ4n) is 3.85. The molecule has 0 bridgehead atoms. The first-order valence-corrected chi connectivity index (χ1v) is 14.1. The molecule has 1 N–H and O–H groups in total. The third kappa shape index (κ3) is 8.59. The molecule has 0 aromatic heterocycles. The van der Waals surface area contributed by atoms with Crippen LogP contribution < -0.4 is 14.4 Å². The van der Waals surface area contributed by atoms with Crippen molar-refractivity contribution in [2.24, 2.45) is 0 Å². The first-order chi connectivity index (χ1) is 17.5. The van der Waals surface area contributed by atoms with Crippen molar-refractivity contribution in [3.63, 3.8) is 0 Å². The molecule has 1 atom stereocenters. The smallest absolute Gasteiger partial charge is 0.244 e. The minimum Gasteiger partial charge on any atom is -0.497 e. The van der Waals surface area contributed by atoms with Crippen LogP contribution in [0, 0.1) is 0 Å². The second kappa shape index (κ2) is 13.8. The van der Waals surface area contributed by atoms with Crippen LogP contribution in [0.2, 0.25) is 0 Å². The fourth-order valence-corrected chi connectivity index (χ4v) is 4.69. The standard InChI is InChI=1S/C27H37N3O6S/c1-6-8-16-28-27(33)25(7-2)29(18-21-12-14-24(36-4)15-13-21)26(32)19-30(37(5,34)35)23-11-9-10-22(17-23)20(3)31/h9-15,17,25H,6-8,16,18-19H2,1-5H3,(H,28,33)/t25-/m0/s1. The molecular formula is C27H37N3O6S. The molecule has 0 saturated carbocycles. The average Bonchev–Trinajstić information content (AvgIpc) is 2.86. The zero-order valence-electron chi connectivity index (χ0n) is 22.2. The van der Waals surface area contributed by atoms with Crippen molar-refractivity contribution in [1.29, 1.82) is 0 Å². The molecule has 0 heterocycles. The molecule has 0 saturated heterocycles. The summed E-state index contributed by atoms with van der Waals surface area (Å²) in [5.74, 6) is -0.397. The van der Waals surface area contributed by atoms with Crippen LogP contribution in [0.25, 0.3) is 0 Å². The highest BCUT2D eigenvalue weighted by Crippen LogP contribution is 2.22. The van der Waals surface area contributed by atoms with E-state index in [4.69, 9.17) is 4.74 Å². The minimum atomic E-state index is -3.88. The number of unbranched alkanes of at least 4 members (excludes halogenated alkanes) is 1. The topological polar surface area (TPSA) is 113 Å². The lowest BCUT2D eigenvalue weighted by molar-refractivity contribution is -0.140. The second-order valence-corrected chi connectivity index (χ2v) is 10.7. The third-order valence-electron chi connectivity index (χ3n) is 5.95. The Morgan fingerprint density at radius 2 is 1.73 bits per heavy atom. The summed E-state index contributed by atoms with van der Waals surface area (Å²) in [6, 6.07) is 12.4. The molecule has 9 nitrogen and oxygen atoms in total. The van der Waals surface area contributed by atoms with E-state index in [1.54, 1.807) is 43.5 Å². The predicted molar refractivity (Wildman–Crippen MR) is 144 cm³/mol. The second-order valence-electron chi connectivity index (χ2n) is 8.81. The summed E-state index contributed by atoms with van der Waals surface area (Å²) in [4.78, 5) is 40.0. The summed E-state index contributed by atoms with van der Waals surface area (Å²) < 4.78 is 31.6. The maximum absolute atomic E-state index is 13.7. The van der Waals surface area contributed by atoms with Gasteiger partial charge in [0.05, 0.1) is 19.1 Å². The number of ether oxygens (including phenoxy) is 1. The fraction of sp³-hybridized carbons (Fsp3) is 0.444. The maximum Gasteiger partial charge on any atom is 0.244 e. The van der Waals surface area contributed by atoms with E-state index in [0.29, 0.717) is 24.3 Å². The van der Waals surface area contributed by atoms with E-state index < -0.39 is 28.5 Å². The number of anilines is 1. The van der Waals surface area contributed by atoms with Crippen LogP contribution in [0.5, 0.6) is 5.75 Å². The maximum atomic E-state index is 13.7. The molecule has 2 aromatic rings. The van der Waals surface area contributed by atoms with E-state index >= 15 is 0 Å². The minimum absolute atomic E-state index is 0.105. The van der Waals surface area contributed by atoms with E-state index in [2.05, 4.69) is 5.32 Å². The number of methoxy groups -OCH3 is 1. The van der Waals surface area contributed by atoms with Gasteiger partial charge in [-0.2, -0.15) is 0 Å². The van der Waals surface area contributed by atoms with E-state index in [9.17, 15) is 22.8 Å². The van der Waals surface area contributed by atoms with Crippen molar-refractivity contribution in [2.75, 3.05) is 30.8 Å². The van der Waals surface area contributed by atoms with Crippen molar-refractivity contribution < 1.29 is 27.5 Å². The lowest BCUT2D eigenvalue weighted by atomic mass is 10.1. The molecule has 0 aliphatic carbocycles. The Kier molecular flexibility index (Phi) is 11.1. The number of nitrogens with one attached hydrogen (secondary N) is 1. The van der Waals surface area contributed by atoms with Gasteiger partial charge < -0.3 is 15.0 Å². The van der Waals surface area contributed by atoms with Gasteiger partial charge in [-0.1, -0.05) is 44.5 Å². The van der Waals surface area contributed by atoms with Crippen molar-refractivity contribution in [3.05, 3.63) is 59.7 Å². The SMILES string of the molecule is CCCCNC(=O)[C@H](CC)N(Cc1ccc(OC)cc1)C(=O)CN(c1cccc(C(C)=O)c1)S(C)(=O)=O. The monoisotopic (exact) mass is 531 g/mol. The number of nitrogens with zero attached hydrogens (tertiary/aromatic N) is 2. The van der Waals surface area contributed by atoms with Crippen molar-refractivity contribution in [3.8, 4) is 5.75 Å². The molecule has 0 spiro atoms. The molecule has 0 aliphatic heterocycles. The van der Waals surface area contributed by atoms with E-state index in [1.165, 1.54) is 24.0 Å². The van der Waals surface area contributed by atoms with Gasteiger partial charge in [-0.05, 0) is 49.6 Å². The van der Waals surface area contributed by atoms with Gasteiger partial charge in [-0.3, -0.25) is 18.7 Å². The van der Waals surface area contributed by atoms with Crippen molar-refractivity contribution >= 4 is 33.3 Å². The zero-order chi connectivity index (χ0) is 27.6. The van der Waals surface area contributed by atoms with Crippen LogP contribution in [0.1, 0.15) is 56.0 Å². The number of Topliss-reactive ketones (excluding diaryl/α,β-unsaturated/α-hetero) is 1. The molecule has 10 heteroatoms. The van der Waals surface area contributed by atoms with Gasteiger partial charge in [0, 0.05) is 18.7 Å². The van der Waals surface area contributed by atoms with Crippen LogP contribution >= 0.6 is 0 Å². The van der Waals surface area contributed by atoms with E-state index in [1.807, 2.05) is 13.8 Å². The number of hydrogen-bond acceptors (Lipinski definition) is 6. The summed E-state index contributed by atoms with van der Waals surface area (Å²) in [6.07, 6.45) is 3.07. The quantitative estimate of drug-likeness (QED) is 0.295. The average molecular weight is 532 g/mol. The summed E-state index contributed by atoms with van der Waals surface area (Å²) in [5, 5.41) is 2.89. The van der Waals surface area contributed by atoms with Crippen LogP contribution in [-0.2, 0) is 26.2 Å². The normalized spacial score (nSPS) is 11.9. The summed E-state index contributed by atoms with van der Waals surface area (Å²) in [5.41, 5.74) is 1.29. The molecule has 37 heavy (non-hydrogen) atoms. The van der Waals surface area contributed by atoms with Gasteiger partial charge in [0.25, 0.3) is 0 Å². The van der Waals surface area contributed by atoms with Gasteiger partial charge in [0.1, 0.15) is 18.3 Å². The number of rotatable bonds is 14. The Balaban J connectivity index is 2.43. The predicted octanol–water partition coefficient (Wildman–Crippen LogP) is 3.39. The number of sulfonamides is 1. The van der Waals surface area contributed by atoms with Crippen LogP contribution in [0.3, 0.4) is 0 Å². The molecule has 202 valence electrons. The molecule has 2 aromatic carbocycles. The molecule has 2 amide bonds. The Hall–Kier alpha value is -3.40. The number of ketones is 1. The lowest BCUT2D eigenvalue weighted by Crippen LogP contribution is -2.52. The molecule has 0 unspecified atom stereocenters. The lowest BCUT2D eigenvalue weighted by Gasteiger charge is -2.33. The van der Waals surface area contributed by atoms with Gasteiger partial charge in [0.2, 0.25) is 21.8 Å². The van der Waals surface area contributed by atoms with Crippen LogP contribution in [-0.4, -0.2) is 63.4 Å². The van der Waals surface area contributed by atoms with Crippen molar-refractivity contribution in [2.45, 2.75) is 52.6 Å². The number of hydrogen-bond donors (Lipinski definition) is 1. The van der Waals surface area contributed by atoms with Crippen LogP contribution in [0.4, 0.5) is 5.69 Å². The summed E-state index contributed by atoms with van der Waals surface area (Å²) >= 11 is 0. The number of benzene rings is 2. The summed E-state index contributed by atoms with van der Waals surface area (Å²) in [6.45, 7) is 5.29. The molecule has 0 aliphatic rings. The molecule has 0 radical (unpaired) electrons. The number of carbonyl (C=O) groups is 3. The summed E-state index contributed by atoms with van der Waals surface area (Å²) in [7, 11) is -2.33. The Labute approximate surface area is 219 Å². The van der Waals surface area contributed by atoms with Crippen molar-refractivity contribution in [1.82, 2.24) is 10.2 Å². The first kappa shape index (κ1) is 29.8. The van der Waals surface area contributed by atoms with Gasteiger partial charge in [0.15, 0.2) is 5.78 Å². The highest BCUT2D eigenvalue weighted by atomic mass is 32.2. The Morgan fingerprint density at radius 1 is 1.05 bits per heavy atom. The van der Waals surface area contributed by atoms with Gasteiger partial charge in [-0.15, -0.1) is 0 Å². The molecular weight excluding hydrogens is 494 g/mol. The number of amides is 2. The zero-order valence-corrected chi connectivity index (χ0v) is 23.0. The van der Waals surface area contributed by atoms with Gasteiger partial charge >= 0.3 is 0 Å². The first-order valence-electron chi connectivity index (χ1n) is 12.3. The Bertz CT molecular complexity index is 1180. The highest BCUT2D eigenvalue weighted by molar-refractivity contribution is 7.92. The van der Waals surface area contributed by atoms with E-state index in [-0.39, 0.29) is 23.9 Å². The van der Waals surface area contributed by atoms with Gasteiger partial charge in [-0.25, -0.2) is 8.42 Å². The van der Waals surface area contributed by atoms with Crippen LogP contribution in [0.15, 0.2) is 48.5 Å². The molecule has 2 rings (SSSR count).